The number of nitrogens with zero attached hydrogens (tertiary/aromatic N) is 2. The van der Waals surface area contributed by atoms with E-state index in [1.807, 2.05) is 0 Å². The fraction of sp³-hybridized carbons (Fsp3) is 0. The third kappa shape index (κ3) is 4.99. The van der Waals surface area contributed by atoms with Crippen molar-refractivity contribution in [3.05, 3.63) is 68.7 Å². The van der Waals surface area contributed by atoms with Gasteiger partial charge in [0.15, 0.2) is 0 Å². The van der Waals surface area contributed by atoms with Gasteiger partial charge >= 0.3 is 11.8 Å². The predicted octanol–water partition coefficient (Wildman–Crippen LogP) is 2.45. The van der Waals surface area contributed by atoms with Crippen LogP contribution >= 0.6 is 15.9 Å². The average Bonchev–Trinajstić information content (AvgIpc) is 2.57. The summed E-state index contributed by atoms with van der Waals surface area (Å²) in [7, 11) is 0. The van der Waals surface area contributed by atoms with E-state index in [0.717, 1.165) is 4.47 Å². The molecule has 0 aliphatic carbocycles. The van der Waals surface area contributed by atoms with Crippen LogP contribution in [0.5, 0.6) is 0 Å². The summed E-state index contributed by atoms with van der Waals surface area (Å²) in [5.41, 5.74) is 2.83. The lowest BCUT2D eigenvalue weighted by Gasteiger charge is -2.03. The number of benzene rings is 2. The Morgan fingerprint density at radius 1 is 1.12 bits per heavy atom. The molecule has 0 saturated carbocycles. The second kappa shape index (κ2) is 7.97. The molecule has 0 aliphatic rings. The number of nitrogens with one attached hydrogen (secondary N) is 2. The predicted molar refractivity (Wildman–Crippen MR) is 91.6 cm³/mol. The number of halogens is 1. The maximum Gasteiger partial charge on any atom is 0.329 e. The van der Waals surface area contributed by atoms with Crippen LogP contribution in [0.15, 0.2) is 58.1 Å². The number of nitro groups is 1. The molecule has 122 valence electrons. The molecule has 0 heterocycles. The van der Waals surface area contributed by atoms with E-state index in [0.29, 0.717) is 11.3 Å². The van der Waals surface area contributed by atoms with Crippen LogP contribution in [0.3, 0.4) is 0 Å². The molecule has 9 heteroatoms. The van der Waals surface area contributed by atoms with E-state index in [9.17, 15) is 19.7 Å². The van der Waals surface area contributed by atoms with Gasteiger partial charge in [0.2, 0.25) is 0 Å². The van der Waals surface area contributed by atoms with Crippen molar-refractivity contribution < 1.29 is 14.5 Å². The minimum atomic E-state index is -0.959. The quantitative estimate of drug-likeness (QED) is 0.361. The van der Waals surface area contributed by atoms with Gasteiger partial charge in [-0.3, -0.25) is 19.7 Å². The summed E-state index contributed by atoms with van der Waals surface area (Å²) < 4.78 is 0.839. The second-order valence-electron chi connectivity index (χ2n) is 4.51. The van der Waals surface area contributed by atoms with Gasteiger partial charge in [-0.1, -0.05) is 28.1 Å². The molecule has 0 bridgehead atoms. The standard InChI is InChI=1S/C15H11BrN4O4/c16-11-4-6-12(7-5-11)18-14(21)15(22)19-17-9-10-2-1-3-13(8-10)20(23)24/h1-9H,(H,18,21)(H,19,22)/b17-9-. The lowest BCUT2D eigenvalue weighted by molar-refractivity contribution is -0.384. The van der Waals surface area contributed by atoms with E-state index < -0.39 is 16.7 Å². The maximum absolute atomic E-state index is 11.7. The molecule has 0 aromatic heterocycles. The first kappa shape index (κ1) is 17.3. The van der Waals surface area contributed by atoms with Gasteiger partial charge in [-0.2, -0.15) is 5.10 Å². The first-order valence-electron chi connectivity index (χ1n) is 6.60. The average molecular weight is 391 g/mol. The van der Waals surface area contributed by atoms with E-state index in [2.05, 4.69) is 31.8 Å². The fourth-order valence-corrected chi connectivity index (χ4v) is 1.92. The highest BCUT2D eigenvalue weighted by molar-refractivity contribution is 9.10. The molecule has 2 rings (SSSR count). The topological polar surface area (TPSA) is 114 Å². The van der Waals surface area contributed by atoms with Crippen LogP contribution in [-0.4, -0.2) is 23.0 Å². The highest BCUT2D eigenvalue weighted by atomic mass is 79.9. The summed E-state index contributed by atoms with van der Waals surface area (Å²) in [5, 5.41) is 16.7. The minimum absolute atomic E-state index is 0.0988. The van der Waals surface area contributed by atoms with Crippen LogP contribution in [0, 0.1) is 10.1 Å². The number of non-ortho nitro benzene ring substituents is 1. The van der Waals surface area contributed by atoms with E-state index >= 15 is 0 Å². The molecule has 8 nitrogen and oxygen atoms in total. The Kier molecular flexibility index (Phi) is 5.74. The number of anilines is 1. The highest BCUT2D eigenvalue weighted by Crippen LogP contribution is 2.14. The largest absolute Gasteiger partial charge is 0.329 e. The number of carbonyl (C=O) groups is 2. The van der Waals surface area contributed by atoms with Crippen LogP contribution in [0.4, 0.5) is 11.4 Å². The van der Waals surface area contributed by atoms with Gasteiger partial charge in [0.1, 0.15) is 0 Å². The monoisotopic (exact) mass is 390 g/mol. The van der Waals surface area contributed by atoms with Crippen molar-refractivity contribution in [2.75, 3.05) is 5.32 Å². The normalized spacial score (nSPS) is 10.4. The molecular formula is C15H11BrN4O4. The zero-order chi connectivity index (χ0) is 17.5. The SMILES string of the molecule is O=C(N/N=C\c1cccc([N+](=O)[O-])c1)C(=O)Nc1ccc(Br)cc1. The lowest BCUT2D eigenvalue weighted by atomic mass is 10.2. The molecule has 0 atom stereocenters. The fourth-order valence-electron chi connectivity index (χ4n) is 1.66. The van der Waals surface area contributed by atoms with Crippen molar-refractivity contribution in [3.8, 4) is 0 Å². The molecule has 0 spiro atoms. The molecule has 2 N–H and O–H groups in total. The Morgan fingerprint density at radius 2 is 1.83 bits per heavy atom. The molecule has 2 aromatic carbocycles. The maximum atomic E-state index is 11.7. The molecule has 0 fully saturated rings. The molecule has 0 unspecified atom stereocenters. The summed E-state index contributed by atoms with van der Waals surface area (Å²) in [4.78, 5) is 33.4. The number of carbonyl (C=O) groups excluding carboxylic acids is 2. The van der Waals surface area contributed by atoms with Crippen LogP contribution in [0.2, 0.25) is 0 Å². The van der Waals surface area contributed by atoms with Crippen LogP contribution in [0.1, 0.15) is 5.56 Å². The number of rotatable bonds is 4. The van der Waals surface area contributed by atoms with Crippen molar-refractivity contribution in [1.29, 1.82) is 0 Å². The van der Waals surface area contributed by atoms with Gasteiger partial charge in [0.05, 0.1) is 11.1 Å². The van der Waals surface area contributed by atoms with E-state index in [1.54, 1.807) is 30.3 Å². The van der Waals surface area contributed by atoms with E-state index in [4.69, 9.17) is 0 Å². The van der Waals surface area contributed by atoms with Gasteiger partial charge in [0, 0.05) is 27.9 Å². The van der Waals surface area contributed by atoms with E-state index in [-0.39, 0.29) is 5.69 Å². The Hall–Kier alpha value is -3.07. The Balaban J connectivity index is 1.92. The zero-order valence-electron chi connectivity index (χ0n) is 12.1. The van der Waals surface area contributed by atoms with Crippen molar-refractivity contribution >= 4 is 45.3 Å². The number of hydrazone groups is 1. The Labute approximate surface area is 144 Å². The summed E-state index contributed by atoms with van der Waals surface area (Å²) >= 11 is 3.26. The third-order valence-electron chi connectivity index (χ3n) is 2.77. The zero-order valence-corrected chi connectivity index (χ0v) is 13.7. The van der Waals surface area contributed by atoms with Gasteiger partial charge in [0.25, 0.3) is 5.69 Å². The number of hydrogen-bond donors (Lipinski definition) is 2. The third-order valence-corrected chi connectivity index (χ3v) is 3.30. The summed E-state index contributed by atoms with van der Waals surface area (Å²) in [6.45, 7) is 0. The van der Waals surface area contributed by atoms with Gasteiger partial charge < -0.3 is 5.32 Å². The van der Waals surface area contributed by atoms with Crippen molar-refractivity contribution in [3.63, 3.8) is 0 Å². The van der Waals surface area contributed by atoms with Gasteiger partial charge in [-0.05, 0) is 24.3 Å². The summed E-state index contributed by atoms with van der Waals surface area (Å²) in [5.74, 6) is -1.84. The van der Waals surface area contributed by atoms with E-state index in [1.165, 1.54) is 24.4 Å². The molecular weight excluding hydrogens is 380 g/mol. The Morgan fingerprint density at radius 3 is 2.50 bits per heavy atom. The molecule has 0 saturated heterocycles. The molecule has 0 aliphatic heterocycles. The van der Waals surface area contributed by atoms with Gasteiger partial charge in [-0.15, -0.1) is 0 Å². The van der Waals surface area contributed by atoms with Crippen LogP contribution in [-0.2, 0) is 9.59 Å². The number of nitro benzene ring substituents is 1. The highest BCUT2D eigenvalue weighted by Gasteiger charge is 2.12. The Bertz CT molecular complexity index is 805. The smallest absolute Gasteiger partial charge is 0.318 e. The van der Waals surface area contributed by atoms with Crippen LogP contribution in [0.25, 0.3) is 0 Å². The van der Waals surface area contributed by atoms with Crippen LogP contribution < -0.4 is 10.7 Å². The molecule has 0 radical (unpaired) electrons. The summed E-state index contributed by atoms with van der Waals surface area (Å²) in [6.07, 6.45) is 1.21. The first-order chi connectivity index (χ1) is 11.5. The van der Waals surface area contributed by atoms with Crippen molar-refractivity contribution in [2.45, 2.75) is 0 Å². The van der Waals surface area contributed by atoms with Crippen molar-refractivity contribution in [2.24, 2.45) is 5.10 Å². The first-order valence-corrected chi connectivity index (χ1v) is 7.39. The number of hydrogen-bond acceptors (Lipinski definition) is 5. The van der Waals surface area contributed by atoms with Gasteiger partial charge in [-0.25, -0.2) is 5.43 Å². The molecule has 24 heavy (non-hydrogen) atoms. The number of amides is 2. The summed E-state index contributed by atoms with van der Waals surface area (Å²) in [6, 6.07) is 12.4. The lowest BCUT2D eigenvalue weighted by Crippen LogP contribution is -2.32. The van der Waals surface area contributed by atoms with Crippen molar-refractivity contribution in [1.82, 2.24) is 5.43 Å². The molecule has 2 amide bonds. The minimum Gasteiger partial charge on any atom is -0.318 e. The second-order valence-corrected chi connectivity index (χ2v) is 5.43. The molecule has 2 aromatic rings.